The van der Waals surface area contributed by atoms with Crippen molar-refractivity contribution >= 4 is 5.97 Å². The van der Waals surface area contributed by atoms with Crippen LogP contribution in [0.15, 0.2) is 48.6 Å². The predicted molar refractivity (Wildman–Crippen MR) is 107 cm³/mol. The lowest BCUT2D eigenvalue weighted by Crippen LogP contribution is -2.29. The van der Waals surface area contributed by atoms with Crippen LogP contribution < -0.4 is 0 Å². The quantitative estimate of drug-likeness (QED) is 0.366. The van der Waals surface area contributed by atoms with E-state index >= 15 is 0 Å². The van der Waals surface area contributed by atoms with E-state index in [1.165, 1.54) is 23.8 Å². The zero-order valence-corrected chi connectivity index (χ0v) is 16.2. The molecule has 148 valence electrons. The lowest BCUT2D eigenvalue weighted by Gasteiger charge is -2.31. The summed E-state index contributed by atoms with van der Waals surface area (Å²) in [5.41, 5.74) is 1.17. The molecule has 4 heteroatoms. The van der Waals surface area contributed by atoms with Crippen LogP contribution in [0.25, 0.3) is 0 Å². The van der Waals surface area contributed by atoms with Gasteiger partial charge in [-0.05, 0) is 80.9 Å². The maximum Gasteiger partial charge on any atom is 0.309 e. The molecule has 0 aliphatic heterocycles. The number of hydrogen-bond acceptors (Lipinski definition) is 3. The summed E-state index contributed by atoms with van der Waals surface area (Å²) in [6, 6.07) is 8.73. The standard InChI is InChI=1S/C24H28FNO2/c25-22-13-11-20(12-14-22)19-7-9-21(10-8-19)24(27)28-23-15-5-18(6-16-23)4-2-1-3-17-26/h1-4,11-14,18-19,21,23H,5-10,15-16H2/b3-1?,4-2+/t18?,19-,21-,23?. The van der Waals surface area contributed by atoms with Gasteiger partial charge in [-0.15, -0.1) is 0 Å². The molecule has 28 heavy (non-hydrogen) atoms. The highest BCUT2D eigenvalue weighted by Gasteiger charge is 2.30. The smallest absolute Gasteiger partial charge is 0.309 e. The summed E-state index contributed by atoms with van der Waals surface area (Å²) in [4.78, 5) is 12.6. The Labute approximate surface area is 166 Å². The first-order valence-electron chi connectivity index (χ1n) is 10.3. The molecule has 2 aliphatic rings. The largest absolute Gasteiger partial charge is 0.462 e. The predicted octanol–water partition coefficient (Wildman–Crippen LogP) is 5.84. The van der Waals surface area contributed by atoms with Gasteiger partial charge in [-0.2, -0.15) is 5.26 Å². The second-order valence-electron chi connectivity index (χ2n) is 7.95. The topological polar surface area (TPSA) is 50.1 Å². The minimum absolute atomic E-state index is 0.00503. The summed E-state index contributed by atoms with van der Waals surface area (Å²) in [7, 11) is 0. The number of rotatable bonds is 5. The third kappa shape index (κ3) is 5.79. The number of ether oxygens (including phenoxy) is 1. The van der Waals surface area contributed by atoms with Crippen molar-refractivity contribution in [1.29, 1.82) is 5.26 Å². The van der Waals surface area contributed by atoms with E-state index in [1.54, 1.807) is 6.08 Å². The number of esters is 1. The summed E-state index contributed by atoms with van der Waals surface area (Å²) in [5.74, 6) is 0.690. The Hall–Kier alpha value is -2.41. The van der Waals surface area contributed by atoms with E-state index in [1.807, 2.05) is 24.3 Å². The zero-order chi connectivity index (χ0) is 19.8. The van der Waals surface area contributed by atoms with E-state index in [2.05, 4.69) is 6.08 Å². The molecule has 2 saturated carbocycles. The lowest BCUT2D eigenvalue weighted by atomic mass is 9.78. The van der Waals surface area contributed by atoms with Gasteiger partial charge >= 0.3 is 5.97 Å². The van der Waals surface area contributed by atoms with Gasteiger partial charge < -0.3 is 4.74 Å². The van der Waals surface area contributed by atoms with Crippen LogP contribution in [-0.2, 0) is 9.53 Å². The third-order valence-corrected chi connectivity index (χ3v) is 6.07. The Morgan fingerprint density at radius 2 is 1.68 bits per heavy atom. The minimum Gasteiger partial charge on any atom is -0.462 e. The molecule has 0 aromatic heterocycles. The van der Waals surface area contributed by atoms with Crippen molar-refractivity contribution in [2.45, 2.75) is 63.4 Å². The minimum atomic E-state index is -0.204. The number of carbonyl (C=O) groups excluding carboxylic acids is 1. The number of hydrogen-bond donors (Lipinski definition) is 0. The normalized spacial score (nSPS) is 28.3. The molecule has 0 atom stereocenters. The second-order valence-corrected chi connectivity index (χ2v) is 7.95. The van der Waals surface area contributed by atoms with E-state index in [0.717, 1.165) is 51.4 Å². The average molecular weight is 381 g/mol. The summed E-state index contributed by atoms with van der Waals surface area (Å²) in [6.45, 7) is 0. The Bertz CT molecular complexity index is 731. The number of allylic oxidation sites excluding steroid dienone is 4. The van der Waals surface area contributed by atoms with Crippen LogP contribution >= 0.6 is 0 Å². The van der Waals surface area contributed by atoms with E-state index in [-0.39, 0.29) is 23.8 Å². The van der Waals surface area contributed by atoms with Gasteiger partial charge in [0, 0.05) is 6.08 Å². The van der Waals surface area contributed by atoms with Gasteiger partial charge in [0.05, 0.1) is 12.0 Å². The summed E-state index contributed by atoms with van der Waals surface area (Å²) >= 11 is 0. The average Bonchev–Trinajstić information content (AvgIpc) is 2.73. The Kier molecular flexibility index (Phi) is 7.42. The summed E-state index contributed by atoms with van der Waals surface area (Å²) in [6.07, 6.45) is 14.8. The fraction of sp³-hybridized carbons (Fsp3) is 0.500. The lowest BCUT2D eigenvalue weighted by molar-refractivity contribution is -0.157. The number of carbonyl (C=O) groups is 1. The number of halogens is 1. The van der Waals surface area contributed by atoms with Gasteiger partial charge in [-0.3, -0.25) is 4.79 Å². The van der Waals surface area contributed by atoms with Gasteiger partial charge in [0.15, 0.2) is 0 Å². The highest BCUT2D eigenvalue weighted by Crippen LogP contribution is 2.37. The van der Waals surface area contributed by atoms with Crippen LogP contribution in [0.1, 0.15) is 62.8 Å². The Morgan fingerprint density at radius 1 is 1.00 bits per heavy atom. The van der Waals surface area contributed by atoms with Crippen molar-refractivity contribution in [3.63, 3.8) is 0 Å². The molecule has 0 saturated heterocycles. The fourth-order valence-corrected chi connectivity index (χ4v) is 4.38. The van der Waals surface area contributed by atoms with E-state index < -0.39 is 0 Å². The van der Waals surface area contributed by atoms with Crippen molar-refractivity contribution in [3.05, 3.63) is 60.0 Å². The maximum absolute atomic E-state index is 13.1. The molecule has 2 aliphatic carbocycles. The summed E-state index contributed by atoms with van der Waals surface area (Å²) < 4.78 is 18.9. The Morgan fingerprint density at radius 3 is 2.32 bits per heavy atom. The van der Waals surface area contributed by atoms with Gasteiger partial charge in [-0.1, -0.05) is 30.4 Å². The van der Waals surface area contributed by atoms with Crippen LogP contribution in [0.5, 0.6) is 0 Å². The van der Waals surface area contributed by atoms with Crippen molar-refractivity contribution in [1.82, 2.24) is 0 Å². The third-order valence-electron chi connectivity index (χ3n) is 6.07. The van der Waals surface area contributed by atoms with Crippen LogP contribution in [-0.4, -0.2) is 12.1 Å². The first-order chi connectivity index (χ1) is 13.7. The van der Waals surface area contributed by atoms with Crippen LogP contribution in [0, 0.1) is 29.0 Å². The maximum atomic E-state index is 13.1. The molecule has 1 aromatic rings. The molecule has 0 unspecified atom stereocenters. The van der Waals surface area contributed by atoms with E-state index in [4.69, 9.17) is 10.00 Å². The molecule has 0 heterocycles. The molecule has 3 nitrogen and oxygen atoms in total. The molecule has 3 rings (SSSR count). The molecule has 0 spiro atoms. The summed E-state index contributed by atoms with van der Waals surface area (Å²) in [5, 5.41) is 8.48. The monoisotopic (exact) mass is 381 g/mol. The molecular weight excluding hydrogens is 353 g/mol. The van der Waals surface area contributed by atoms with E-state index in [0.29, 0.717) is 11.8 Å². The molecule has 2 fully saturated rings. The molecule has 0 bridgehead atoms. The molecule has 0 amide bonds. The first kappa shape index (κ1) is 20.3. The van der Waals surface area contributed by atoms with Gasteiger partial charge in [0.2, 0.25) is 0 Å². The number of nitriles is 1. The number of nitrogens with zero attached hydrogens (tertiary/aromatic N) is 1. The highest BCUT2D eigenvalue weighted by molar-refractivity contribution is 5.72. The van der Waals surface area contributed by atoms with Crippen molar-refractivity contribution in [2.75, 3.05) is 0 Å². The second kappa shape index (κ2) is 10.2. The van der Waals surface area contributed by atoms with Crippen LogP contribution in [0.3, 0.4) is 0 Å². The fourth-order valence-electron chi connectivity index (χ4n) is 4.38. The molecule has 0 N–H and O–H groups in total. The molecule has 1 aromatic carbocycles. The van der Waals surface area contributed by atoms with Gasteiger partial charge in [0.25, 0.3) is 0 Å². The van der Waals surface area contributed by atoms with Crippen molar-refractivity contribution in [3.8, 4) is 6.07 Å². The highest BCUT2D eigenvalue weighted by atomic mass is 19.1. The number of benzene rings is 1. The van der Waals surface area contributed by atoms with Crippen molar-refractivity contribution in [2.24, 2.45) is 11.8 Å². The Balaban J connectivity index is 1.39. The zero-order valence-electron chi connectivity index (χ0n) is 16.2. The SMILES string of the molecule is N#CC=C/C=C/C1CCC(OC(=O)[C@H]2CC[C@H](c3ccc(F)cc3)CC2)CC1. The van der Waals surface area contributed by atoms with Crippen molar-refractivity contribution < 1.29 is 13.9 Å². The molecule has 0 radical (unpaired) electrons. The van der Waals surface area contributed by atoms with Crippen LogP contribution in [0.2, 0.25) is 0 Å². The van der Waals surface area contributed by atoms with Gasteiger partial charge in [-0.25, -0.2) is 4.39 Å². The van der Waals surface area contributed by atoms with Gasteiger partial charge in [0.1, 0.15) is 11.9 Å². The van der Waals surface area contributed by atoms with E-state index in [9.17, 15) is 9.18 Å². The molecular formula is C24H28FNO2. The first-order valence-corrected chi connectivity index (χ1v) is 10.3. The van der Waals surface area contributed by atoms with Crippen LogP contribution in [0.4, 0.5) is 4.39 Å².